The van der Waals surface area contributed by atoms with Crippen molar-refractivity contribution in [2.45, 2.75) is 0 Å². The Kier molecular flexibility index (Phi) is 7.13. The van der Waals surface area contributed by atoms with Crippen LogP contribution in [0.4, 0.5) is 0 Å². The van der Waals surface area contributed by atoms with Crippen LogP contribution in [0.5, 0.6) is 0 Å². The Morgan fingerprint density at radius 2 is 0.983 bits per heavy atom. The SMILES string of the molecule is c1cc(-c2cccc(-n3c4ccccc4c4ccccc43)c2)cc(-c2nc(-c3ccc4c(ccc5ccccc54)c3)nc(-c3cncc4c3oc3ccccc34)n2)c1. The van der Waals surface area contributed by atoms with Crippen molar-refractivity contribution in [3.8, 4) is 51.0 Å². The second kappa shape index (κ2) is 12.8. The minimum absolute atomic E-state index is 0.495. The van der Waals surface area contributed by atoms with Crippen LogP contribution in [-0.4, -0.2) is 24.5 Å². The van der Waals surface area contributed by atoms with Gasteiger partial charge in [-0.25, -0.2) is 15.0 Å². The Morgan fingerprint density at radius 3 is 1.79 bits per heavy atom. The fraction of sp³-hybridized carbons (Fsp3) is 0. The van der Waals surface area contributed by atoms with E-state index in [0.29, 0.717) is 28.6 Å². The van der Waals surface area contributed by atoms with Crippen LogP contribution in [0.15, 0.2) is 193 Å². The average Bonchev–Trinajstić information content (AvgIpc) is 3.85. The molecular formula is C52H31N5O. The molecule has 12 aromatic rings. The average molecular weight is 742 g/mol. The van der Waals surface area contributed by atoms with Crippen molar-refractivity contribution in [1.29, 1.82) is 0 Å². The molecular weight excluding hydrogens is 711 g/mol. The molecule has 6 nitrogen and oxygen atoms in total. The van der Waals surface area contributed by atoms with E-state index in [4.69, 9.17) is 19.4 Å². The van der Waals surface area contributed by atoms with E-state index in [9.17, 15) is 0 Å². The molecule has 0 radical (unpaired) electrons. The highest BCUT2D eigenvalue weighted by molar-refractivity contribution is 6.11. The van der Waals surface area contributed by atoms with E-state index >= 15 is 0 Å². The highest BCUT2D eigenvalue weighted by Gasteiger charge is 2.19. The molecule has 58 heavy (non-hydrogen) atoms. The molecule has 0 aliphatic heterocycles. The van der Waals surface area contributed by atoms with Crippen molar-refractivity contribution >= 4 is 65.3 Å². The Hall–Kier alpha value is -7.96. The summed E-state index contributed by atoms with van der Waals surface area (Å²) in [5.74, 6) is 1.63. The van der Waals surface area contributed by atoms with Crippen molar-refractivity contribution < 1.29 is 4.42 Å². The van der Waals surface area contributed by atoms with Crippen LogP contribution in [0.2, 0.25) is 0 Å². The molecule has 270 valence electrons. The molecule has 0 saturated carbocycles. The van der Waals surface area contributed by atoms with Gasteiger partial charge < -0.3 is 8.98 Å². The maximum atomic E-state index is 6.46. The summed E-state index contributed by atoms with van der Waals surface area (Å²) in [7, 11) is 0. The number of pyridine rings is 1. The highest BCUT2D eigenvalue weighted by Crippen LogP contribution is 2.37. The van der Waals surface area contributed by atoms with Gasteiger partial charge in [-0.15, -0.1) is 0 Å². The van der Waals surface area contributed by atoms with Crippen molar-refractivity contribution in [1.82, 2.24) is 24.5 Å². The molecule has 0 fully saturated rings. The second-order valence-corrected chi connectivity index (χ2v) is 14.7. The van der Waals surface area contributed by atoms with Crippen molar-refractivity contribution in [3.63, 3.8) is 0 Å². The zero-order valence-corrected chi connectivity index (χ0v) is 31.0. The molecule has 0 spiro atoms. The van der Waals surface area contributed by atoms with Crippen LogP contribution in [0.3, 0.4) is 0 Å². The summed E-state index contributed by atoms with van der Waals surface area (Å²) < 4.78 is 8.81. The highest BCUT2D eigenvalue weighted by atomic mass is 16.3. The summed E-state index contributed by atoms with van der Waals surface area (Å²) in [6, 6.07) is 61.6. The van der Waals surface area contributed by atoms with Crippen LogP contribution >= 0.6 is 0 Å². The molecule has 6 heteroatoms. The Morgan fingerprint density at radius 1 is 0.379 bits per heavy atom. The summed E-state index contributed by atoms with van der Waals surface area (Å²) >= 11 is 0. The molecule has 4 heterocycles. The van der Waals surface area contributed by atoms with Crippen LogP contribution in [0.1, 0.15) is 0 Å². The lowest BCUT2D eigenvalue weighted by Crippen LogP contribution is -2.01. The number of nitrogens with zero attached hydrogens (tertiary/aromatic N) is 5. The second-order valence-electron chi connectivity index (χ2n) is 14.7. The summed E-state index contributed by atoms with van der Waals surface area (Å²) in [6.07, 6.45) is 3.63. The fourth-order valence-electron chi connectivity index (χ4n) is 8.57. The molecule has 4 aromatic heterocycles. The van der Waals surface area contributed by atoms with Gasteiger partial charge >= 0.3 is 0 Å². The smallest absolute Gasteiger partial charge is 0.169 e. The van der Waals surface area contributed by atoms with Gasteiger partial charge in [-0.3, -0.25) is 4.98 Å². The van der Waals surface area contributed by atoms with E-state index in [1.165, 1.54) is 38.0 Å². The summed E-state index contributed by atoms with van der Waals surface area (Å²) in [5.41, 5.74) is 9.57. The molecule has 0 aliphatic carbocycles. The lowest BCUT2D eigenvalue weighted by atomic mass is 10.00. The zero-order valence-electron chi connectivity index (χ0n) is 31.0. The van der Waals surface area contributed by atoms with Gasteiger partial charge in [0.05, 0.1) is 16.6 Å². The molecule has 0 saturated heterocycles. The van der Waals surface area contributed by atoms with Crippen LogP contribution in [0, 0.1) is 0 Å². The normalized spacial score (nSPS) is 11.8. The Labute approximate surface area is 332 Å². The van der Waals surface area contributed by atoms with E-state index in [1.807, 2.05) is 24.4 Å². The minimum Gasteiger partial charge on any atom is -0.455 e. The van der Waals surface area contributed by atoms with Gasteiger partial charge in [0.2, 0.25) is 0 Å². The minimum atomic E-state index is 0.495. The lowest BCUT2D eigenvalue weighted by molar-refractivity contribution is 0.669. The maximum Gasteiger partial charge on any atom is 0.169 e. The number of benzene rings is 8. The van der Waals surface area contributed by atoms with Gasteiger partial charge in [-0.05, 0) is 75.1 Å². The first kappa shape index (κ1) is 32.3. The summed E-state index contributed by atoms with van der Waals surface area (Å²) in [6.45, 7) is 0. The lowest BCUT2D eigenvalue weighted by Gasteiger charge is -2.12. The van der Waals surface area contributed by atoms with Crippen molar-refractivity contribution in [3.05, 3.63) is 188 Å². The molecule has 0 aliphatic rings. The van der Waals surface area contributed by atoms with Crippen LogP contribution in [-0.2, 0) is 0 Å². The first-order valence-electron chi connectivity index (χ1n) is 19.4. The number of furan rings is 1. The zero-order chi connectivity index (χ0) is 38.2. The maximum absolute atomic E-state index is 6.46. The van der Waals surface area contributed by atoms with Crippen LogP contribution in [0.25, 0.3) is 116 Å². The van der Waals surface area contributed by atoms with Gasteiger partial charge in [-0.1, -0.05) is 133 Å². The Balaban J connectivity index is 1.02. The quantitative estimate of drug-likeness (QED) is 0.164. The standard InChI is InChI=1S/C52H31N5O/c1-2-16-39-32(11-1)23-24-35-28-37(25-26-40(35)39)51-54-50(55-52(56-51)45-31-53-30-44-43-19-5-8-22-48(43)58-49(44)45)36-14-9-12-33(27-36)34-13-10-15-38(29-34)57-46-20-6-3-17-41(46)42-18-4-7-21-47(42)57/h1-31H. The summed E-state index contributed by atoms with van der Waals surface area (Å²) in [4.78, 5) is 20.1. The third-order valence-electron chi connectivity index (χ3n) is 11.3. The topological polar surface area (TPSA) is 69.6 Å². The van der Waals surface area contributed by atoms with Gasteiger partial charge in [0, 0.05) is 50.8 Å². The molecule has 0 atom stereocenters. The molecule has 0 N–H and O–H groups in total. The number of fused-ring (bicyclic) bond motifs is 9. The predicted molar refractivity (Wildman–Crippen MR) is 236 cm³/mol. The Bertz CT molecular complexity index is 3550. The van der Waals surface area contributed by atoms with Gasteiger partial charge in [-0.2, -0.15) is 0 Å². The van der Waals surface area contributed by atoms with Gasteiger partial charge in [0.25, 0.3) is 0 Å². The number of aromatic nitrogens is 5. The number of hydrogen-bond acceptors (Lipinski definition) is 5. The van der Waals surface area contributed by atoms with E-state index in [0.717, 1.165) is 49.7 Å². The van der Waals surface area contributed by atoms with E-state index in [1.54, 1.807) is 6.20 Å². The number of hydrogen-bond donors (Lipinski definition) is 0. The van der Waals surface area contributed by atoms with Gasteiger partial charge in [0.1, 0.15) is 11.2 Å². The predicted octanol–water partition coefficient (Wildman–Crippen LogP) is 13.2. The molecule has 0 bridgehead atoms. The molecule has 0 amide bonds. The van der Waals surface area contributed by atoms with Gasteiger partial charge in [0.15, 0.2) is 17.5 Å². The van der Waals surface area contributed by atoms with Crippen LogP contribution < -0.4 is 0 Å². The largest absolute Gasteiger partial charge is 0.455 e. The number of rotatable bonds is 5. The third-order valence-corrected chi connectivity index (χ3v) is 11.3. The van der Waals surface area contributed by atoms with Crippen molar-refractivity contribution in [2.24, 2.45) is 0 Å². The molecule has 8 aromatic carbocycles. The van der Waals surface area contributed by atoms with Crippen molar-refractivity contribution in [2.75, 3.05) is 0 Å². The molecule has 0 unspecified atom stereocenters. The van der Waals surface area contributed by atoms with E-state index < -0.39 is 0 Å². The number of para-hydroxylation sites is 3. The summed E-state index contributed by atoms with van der Waals surface area (Å²) in [5, 5.41) is 9.11. The fourth-order valence-corrected chi connectivity index (χ4v) is 8.57. The van der Waals surface area contributed by atoms with E-state index in [-0.39, 0.29) is 0 Å². The van der Waals surface area contributed by atoms with E-state index in [2.05, 4.69) is 167 Å². The first-order chi connectivity index (χ1) is 28.7. The monoisotopic (exact) mass is 741 g/mol. The molecule has 12 rings (SSSR count). The first-order valence-corrected chi connectivity index (χ1v) is 19.4. The third kappa shape index (κ3) is 5.12.